The summed E-state index contributed by atoms with van der Waals surface area (Å²) in [4.78, 5) is 19.1. The Morgan fingerprint density at radius 1 is 1.11 bits per heavy atom. The molecule has 0 saturated carbocycles. The smallest absolute Gasteiger partial charge is 0.324 e. The van der Waals surface area contributed by atoms with Crippen LogP contribution in [0.2, 0.25) is 0 Å². The summed E-state index contributed by atoms with van der Waals surface area (Å²) in [6.45, 7) is 9.90. The molecule has 19 heavy (non-hydrogen) atoms. The maximum atomic E-state index is 11.7. The molecule has 0 heterocycles. The predicted molar refractivity (Wildman–Crippen MR) is 82.4 cm³/mol. The SMILES string of the molecule is CCC(CC)(CC=C(C)CCC=C(C)C)P(=O)(O)O. The first-order valence-corrected chi connectivity index (χ1v) is 8.64. The molecule has 0 atom stereocenters. The molecule has 0 unspecified atom stereocenters. The third kappa shape index (κ3) is 6.07. The summed E-state index contributed by atoms with van der Waals surface area (Å²) in [6.07, 6.45) is 7.61. The summed E-state index contributed by atoms with van der Waals surface area (Å²) in [7, 11) is -4.06. The Bertz CT molecular complexity index is 369. The standard InChI is InChI=1S/C15H29O3P/c1-6-15(7-2,19(16,17)18)12-11-14(5)10-8-9-13(3)4/h9,11H,6-8,10,12H2,1-5H3,(H2,16,17,18). The minimum absolute atomic E-state index is 0.463. The summed E-state index contributed by atoms with van der Waals surface area (Å²) >= 11 is 0. The van der Waals surface area contributed by atoms with Crippen molar-refractivity contribution in [3.8, 4) is 0 Å². The van der Waals surface area contributed by atoms with E-state index in [0.29, 0.717) is 19.3 Å². The van der Waals surface area contributed by atoms with Crippen LogP contribution in [0.5, 0.6) is 0 Å². The van der Waals surface area contributed by atoms with E-state index >= 15 is 0 Å². The van der Waals surface area contributed by atoms with Gasteiger partial charge in [-0.25, -0.2) is 0 Å². The van der Waals surface area contributed by atoms with Gasteiger partial charge >= 0.3 is 7.60 Å². The molecule has 0 spiro atoms. The largest absolute Gasteiger partial charge is 0.331 e. The summed E-state index contributed by atoms with van der Waals surface area (Å²) in [5, 5.41) is -0.884. The van der Waals surface area contributed by atoms with E-state index in [0.717, 1.165) is 12.8 Å². The number of rotatable bonds is 8. The summed E-state index contributed by atoms with van der Waals surface area (Å²) in [5.74, 6) is 0. The Morgan fingerprint density at radius 3 is 2.00 bits per heavy atom. The van der Waals surface area contributed by atoms with Crippen LogP contribution < -0.4 is 0 Å². The number of hydrogen-bond acceptors (Lipinski definition) is 1. The van der Waals surface area contributed by atoms with Crippen molar-refractivity contribution in [2.75, 3.05) is 0 Å². The van der Waals surface area contributed by atoms with Gasteiger partial charge in [0.15, 0.2) is 0 Å². The molecular weight excluding hydrogens is 259 g/mol. The highest BCUT2D eigenvalue weighted by molar-refractivity contribution is 7.53. The van der Waals surface area contributed by atoms with Crippen LogP contribution in [0.4, 0.5) is 0 Å². The monoisotopic (exact) mass is 288 g/mol. The third-order valence-corrected chi connectivity index (χ3v) is 5.91. The van der Waals surface area contributed by atoms with E-state index in [-0.39, 0.29) is 0 Å². The second-order valence-electron chi connectivity index (χ2n) is 5.55. The van der Waals surface area contributed by atoms with Crippen LogP contribution in [0.1, 0.15) is 66.7 Å². The van der Waals surface area contributed by atoms with Crippen LogP contribution in [0, 0.1) is 0 Å². The topological polar surface area (TPSA) is 57.5 Å². The van der Waals surface area contributed by atoms with Crippen LogP contribution in [-0.2, 0) is 4.57 Å². The van der Waals surface area contributed by atoms with Crippen molar-refractivity contribution < 1.29 is 14.4 Å². The van der Waals surface area contributed by atoms with Crippen LogP contribution in [-0.4, -0.2) is 14.9 Å². The molecule has 0 radical (unpaired) electrons. The zero-order valence-corrected chi connectivity index (χ0v) is 13.8. The molecule has 0 bridgehead atoms. The van der Waals surface area contributed by atoms with E-state index in [4.69, 9.17) is 0 Å². The second-order valence-corrected chi connectivity index (χ2v) is 7.59. The second kappa shape index (κ2) is 8.04. The van der Waals surface area contributed by atoms with Gasteiger partial charge in [0.2, 0.25) is 0 Å². The van der Waals surface area contributed by atoms with E-state index in [1.165, 1.54) is 11.1 Å². The van der Waals surface area contributed by atoms with Crippen molar-refractivity contribution in [1.82, 2.24) is 0 Å². The highest BCUT2D eigenvalue weighted by atomic mass is 31.2. The van der Waals surface area contributed by atoms with Crippen LogP contribution in [0.3, 0.4) is 0 Å². The fourth-order valence-electron chi connectivity index (χ4n) is 2.12. The van der Waals surface area contributed by atoms with E-state index in [1.807, 2.05) is 26.8 Å². The fourth-order valence-corrected chi connectivity index (χ4v) is 3.28. The van der Waals surface area contributed by atoms with Gasteiger partial charge in [-0.15, -0.1) is 0 Å². The minimum Gasteiger partial charge on any atom is -0.324 e. The molecule has 0 fully saturated rings. The Hall–Kier alpha value is -0.370. The molecule has 2 N–H and O–H groups in total. The Morgan fingerprint density at radius 2 is 1.63 bits per heavy atom. The first-order valence-electron chi connectivity index (χ1n) is 7.03. The van der Waals surface area contributed by atoms with E-state index in [2.05, 4.69) is 19.9 Å². The molecule has 0 rings (SSSR count). The fraction of sp³-hybridized carbons (Fsp3) is 0.733. The van der Waals surface area contributed by atoms with Gasteiger partial charge in [0.05, 0.1) is 5.16 Å². The van der Waals surface area contributed by atoms with Gasteiger partial charge in [0.1, 0.15) is 0 Å². The zero-order chi connectivity index (χ0) is 15.1. The minimum atomic E-state index is -4.06. The lowest BCUT2D eigenvalue weighted by Crippen LogP contribution is -2.26. The molecular formula is C15H29O3P. The van der Waals surface area contributed by atoms with Gasteiger partial charge in [-0.2, -0.15) is 0 Å². The van der Waals surface area contributed by atoms with Gasteiger partial charge in [-0.1, -0.05) is 37.1 Å². The van der Waals surface area contributed by atoms with Gasteiger partial charge in [0, 0.05) is 0 Å². The Balaban J connectivity index is 4.72. The van der Waals surface area contributed by atoms with Crippen molar-refractivity contribution in [2.24, 2.45) is 0 Å². The molecule has 0 aromatic heterocycles. The number of hydrogen-bond donors (Lipinski definition) is 2. The van der Waals surface area contributed by atoms with Gasteiger partial charge in [0.25, 0.3) is 0 Å². The first kappa shape index (κ1) is 18.6. The van der Waals surface area contributed by atoms with Crippen LogP contribution in [0.15, 0.2) is 23.3 Å². The van der Waals surface area contributed by atoms with E-state index in [1.54, 1.807) is 0 Å². The normalized spacial score (nSPS) is 13.5. The molecule has 0 saturated heterocycles. The maximum absolute atomic E-state index is 11.7. The van der Waals surface area contributed by atoms with Gasteiger partial charge in [-0.3, -0.25) is 4.57 Å². The summed E-state index contributed by atoms with van der Waals surface area (Å²) in [6, 6.07) is 0. The third-order valence-electron chi connectivity index (χ3n) is 3.86. The average Bonchev–Trinajstić information content (AvgIpc) is 2.28. The van der Waals surface area contributed by atoms with E-state index in [9.17, 15) is 14.4 Å². The first-order chi connectivity index (χ1) is 8.68. The molecule has 0 aliphatic heterocycles. The molecule has 0 aliphatic rings. The molecule has 3 nitrogen and oxygen atoms in total. The molecule has 112 valence electrons. The van der Waals surface area contributed by atoms with Crippen molar-refractivity contribution in [3.63, 3.8) is 0 Å². The van der Waals surface area contributed by atoms with E-state index < -0.39 is 12.8 Å². The quantitative estimate of drug-likeness (QED) is 0.498. The van der Waals surface area contributed by atoms with Crippen LogP contribution in [0.25, 0.3) is 0 Å². The predicted octanol–water partition coefficient (Wildman–Crippen LogP) is 4.81. The van der Waals surface area contributed by atoms with Crippen molar-refractivity contribution in [1.29, 1.82) is 0 Å². The maximum Gasteiger partial charge on any atom is 0.331 e. The molecule has 0 amide bonds. The van der Waals surface area contributed by atoms with Gasteiger partial charge in [-0.05, 0) is 52.9 Å². The summed E-state index contributed by atoms with van der Waals surface area (Å²) in [5.41, 5.74) is 2.51. The van der Waals surface area contributed by atoms with Crippen molar-refractivity contribution in [2.45, 2.75) is 71.9 Å². The zero-order valence-electron chi connectivity index (χ0n) is 12.9. The lowest BCUT2D eigenvalue weighted by molar-refractivity contribution is 0.313. The van der Waals surface area contributed by atoms with Gasteiger partial charge < -0.3 is 9.79 Å². The van der Waals surface area contributed by atoms with Crippen molar-refractivity contribution >= 4 is 7.60 Å². The highest BCUT2D eigenvalue weighted by Crippen LogP contribution is 2.56. The lowest BCUT2D eigenvalue weighted by Gasteiger charge is -2.31. The Kier molecular flexibility index (Phi) is 7.88. The number of allylic oxidation sites excluding steroid dienone is 4. The molecule has 4 heteroatoms. The van der Waals surface area contributed by atoms with Crippen molar-refractivity contribution in [3.05, 3.63) is 23.3 Å². The summed E-state index contributed by atoms with van der Waals surface area (Å²) < 4.78 is 11.7. The highest BCUT2D eigenvalue weighted by Gasteiger charge is 2.42. The Labute approximate surface area is 118 Å². The molecule has 0 aromatic rings. The average molecular weight is 288 g/mol. The lowest BCUT2D eigenvalue weighted by atomic mass is 9.96. The molecule has 0 aromatic carbocycles. The molecule has 0 aliphatic carbocycles. The van der Waals surface area contributed by atoms with Crippen LogP contribution >= 0.6 is 7.60 Å².